The summed E-state index contributed by atoms with van der Waals surface area (Å²) in [6, 6.07) is 79.0. The average molecular weight is 1110 g/mol. The summed E-state index contributed by atoms with van der Waals surface area (Å²) in [7, 11) is 0. The molecule has 0 N–H and O–H groups in total. The molecule has 0 radical (unpaired) electrons. The Labute approximate surface area is 496 Å². The van der Waals surface area contributed by atoms with E-state index in [-0.39, 0.29) is 7.43 Å². The third kappa shape index (κ3) is 20.1. The van der Waals surface area contributed by atoms with Gasteiger partial charge in [-0.2, -0.15) is 0 Å². The molecule has 0 aromatic heterocycles. The van der Waals surface area contributed by atoms with Crippen molar-refractivity contribution >= 4 is 0 Å². The minimum atomic E-state index is 0. The van der Waals surface area contributed by atoms with E-state index in [1.54, 1.807) is 22.3 Å². The zero-order valence-electron chi connectivity index (χ0n) is 47.9. The highest BCUT2D eigenvalue weighted by molar-refractivity contribution is 5.39. The third-order valence-electron chi connectivity index (χ3n) is 15.2. The van der Waals surface area contributed by atoms with Gasteiger partial charge >= 0.3 is 0 Å². The van der Waals surface area contributed by atoms with Gasteiger partial charge in [0.2, 0.25) is 0 Å². The van der Waals surface area contributed by atoms with Gasteiger partial charge in [0.15, 0.2) is 0 Å². The van der Waals surface area contributed by atoms with Crippen LogP contribution in [0.1, 0.15) is 107 Å². The number of rotatable bonds is 0. The molecule has 0 bridgehead atoms. The van der Waals surface area contributed by atoms with Crippen molar-refractivity contribution in [3.8, 4) is 28.7 Å². The number of fused-ring (bicyclic) bond motifs is 8. The van der Waals surface area contributed by atoms with Gasteiger partial charge in [0, 0.05) is 12.8 Å². The van der Waals surface area contributed by atoms with E-state index in [1.807, 2.05) is 121 Å². The fraction of sp³-hybridized carbons (Fsp3) is 0.299. The SMILES string of the molecule is C.c1ccc2c(c1)CCC2.c1ccc2c(c1)CCCC2.c1ccc2c(c1)CCCO2.c1ccc2c(c1)CCCO2.c1ccc2c(c1)CCCO2.c1ccc2c(c1)CCO2.c1ccc2c(c1)CCO2.c1ccc2c(c1)COC2.c1ccccc1. The lowest BCUT2D eigenvalue weighted by Gasteiger charge is -2.15. The molecule has 430 valence electrons. The lowest BCUT2D eigenvalue weighted by Crippen LogP contribution is -2.07. The molecule has 6 heterocycles. The van der Waals surface area contributed by atoms with Gasteiger partial charge in [-0.05, 0) is 175 Å². The van der Waals surface area contributed by atoms with Gasteiger partial charge in [-0.25, -0.2) is 0 Å². The summed E-state index contributed by atoms with van der Waals surface area (Å²) in [6.45, 7) is 5.98. The van der Waals surface area contributed by atoms with Crippen LogP contribution in [-0.2, 0) is 75.7 Å². The van der Waals surface area contributed by atoms with Crippen LogP contribution >= 0.6 is 0 Å². The van der Waals surface area contributed by atoms with Gasteiger partial charge in [-0.15, -0.1) is 0 Å². The summed E-state index contributed by atoms with van der Waals surface area (Å²) in [5.41, 5.74) is 15.7. The summed E-state index contributed by atoms with van der Waals surface area (Å²) >= 11 is 0. The van der Waals surface area contributed by atoms with E-state index in [4.69, 9.17) is 28.4 Å². The van der Waals surface area contributed by atoms with Gasteiger partial charge < -0.3 is 28.4 Å². The highest BCUT2D eigenvalue weighted by Crippen LogP contribution is 2.28. The Morgan fingerprint density at radius 3 is 0.675 bits per heavy atom. The van der Waals surface area contributed by atoms with Crippen LogP contribution < -0.4 is 23.7 Å². The van der Waals surface area contributed by atoms with Crippen LogP contribution in [0.4, 0.5) is 0 Å². The second kappa shape index (κ2) is 35.1. The predicted molar refractivity (Wildman–Crippen MR) is 342 cm³/mol. The molecule has 0 unspecified atom stereocenters. The normalized spacial score (nSPS) is 14.7. The molecular weight excluding hydrogens is 1020 g/mol. The topological polar surface area (TPSA) is 55.4 Å². The highest BCUT2D eigenvalue weighted by atomic mass is 16.5. The Kier molecular flexibility index (Phi) is 25.8. The van der Waals surface area contributed by atoms with Crippen LogP contribution in [0.15, 0.2) is 231 Å². The molecule has 6 nitrogen and oxygen atoms in total. The first-order valence-electron chi connectivity index (χ1n) is 30.0. The van der Waals surface area contributed by atoms with Crippen molar-refractivity contribution in [3.05, 3.63) is 292 Å². The third-order valence-corrected chi connectivity index (χ3v) is 15.2. The van der Waals surface area contributed by atoms with E-state index >= 15 is 0 Å². The van der Waals surface area contributed by atoms with Crippen molar-refractivity contribution in [2.24, 2.45) is 0 Å². The molecule has 17 rings (SSSR count). The Balaban J connectivity index is 0.000000122. The first kappa shape index (κ1) is 61.0. The maximum absolute atomic E-state index is 5.42. The lowest BCUT2D eigenvalue weighted by atomic mass is 9.92. The van der Waals surface area contributed by atoms with Crippen LogP contribution in [0.25, 0.3) is 0 Å². The molecule has 6 heteroatoms. The molecule has 0 amide bonds. The van der Waals surface area contributed by atoms with Crippen LogP contribution in [0, 0.1) is 0 Å². The molecule has 6 aliphatic heterocycles. The van der Waals surface area contributed by atoms with Crippen LogP contribution in [-0.4, -0.2) is 33.0 Å². The molecule has 83 heavy (non-hydrogen) atoms. The van der Waals surface area contributed by atoms with E-state index < -0.39 is 0 Å². The Morgan fingerprint density at radius 1 is 0.181 bits per heavy atom. The summed E-state index contributed by atoms with van der Waals surface area (Å²) in [6.07, 6.45) is 18.5. The number of ether oxygens (including phenoxy) is 6. The molecule has 0 atom stereocenters. The number of hydrogen-bond donors (Lipinski definition) is 0. The second-order valence-corrected chi connectivity index (χ2v) is 21.1. The average Bonchev–Trinajstić information content (AvgIpc) is 4.46. The summed E-state index contributed by atoms with van der Waals surface area (Å²) < 4.78 is 32.1. The molecule has 2 aliphatic carbocycles. The Hall–Kier alpha value is -8.06. The fourth-order valence-electron chi connectivity index (χ4n) is 10.8. The highest BCUT2D eigenvalue weighted by Gasteiger charge is 2.13. The number of aryl methyl sites for hydroxylation is 7. The first-order chi connectivity index (χ1) is 40.7. The fourth-order valence-corrected chi connectivity index (χ4v) is 10.8. The van der Waals surface area contributed by atoms with Crippen molar-refractivity contribution < 1.29 is 28.4 Å². The molecule has 9 aromatic carbocycles. The van der Waals surface area contributed by atoms with E-state index in [2.05, 4.69) is 109 Å². The Morgan fingerprint density at radius 2 is 0.398 bits per heavy atom. The number of para-hydroxylation sites is 5. The number of hydrogen-bond acceptors (Lipinski definition) is 6. The van der Waals surface area contributed by atoms with E-state index in [9.17, 15) is 0 Å². The lowest BCUT2D eigenvalue weighted by molar-refractivity contribution is 0.134. The maximum atomic E-state index is 5.42. The largest absolute Gasteiger partial charge is 0.493 e. The standard InChI is InChI=1S/C10H12.3C9H10O.C9H10.3C8H8O.C6H6.CH4/c1-2-6-10-8-4-3-7-9(10)5-1;3*1-2-6-9-8(4-1)5-3-7-10-9;1-2-5-9-7-3-6-8(9)4-1;1-2-4-8-6-9-5-7(8)3-1;2*1-2-4-8-7(3-1)5-6-9-8;1-2-4-6-5-3-1;/h1-2,5-6H,3-4,7-8H2;3*1-2,4,6H,3,5,7H2;1-2,4-5H,3,6-7H2;3*1-4H,5-6H2;1-6H;1H4. The monoisotopic (exact) mass is 1110 g/mol. The van der Waals surface area contributed by atoms with Crippen molar-refractivity contribution in [3.63, 3.8) is 0 Å². The molecule has 0 spiro atoms. The van der Waals surface area contributed by atoms with Crippen molar-refractivity contribution in [1.82, 2.24) is 0 Å². The van der Waals surface area contributed by atoms with Gasteiger partial charge in [-0.3, -0.25) is 0 Å². The Bertz CT molecular complexity index is 2640. The quantitative estimate of drug-likeness (QED) is 0.151. The minimum absolute atomic E-state index is 0. The minimum Gasteiger partial charge on any atom is -0.493 e. The van der Waals surface area contributed by atoms with Crippen molar-refractivity contribution in [2.45, 2.75) is 117 Å². The molecular formula is C77H86O6. The zero-order valence-corrected chi connectivity index (χ0v) is 47.9. The second-order valence-electron chi connectivity index (χ2n) is 21.1. The van der Waals surface area contributed by atoms with E-state index in [0.717, 1.165) is 107 Å². The van der Waals surface area contributed by atoms with Crippen molar-refractivity contribution in [1.29, 1.82) is 0 Å². The summed E-state index contributed by atoms with van der Waals surface area (Å²) in [5, 5.41) is 0. The van der Waals surface area contributed by atoms with E-state index in [0.29, 0.717) is 0 Å². The molecule has 9 aromatic rings. The predicted octanol–water partition coefficient (Wildman–Crippen LogP) is 18.1. The summed E-state index contributed by atoms with van der Waals surface area (Å²) in [5.74, 6) is 5.37. The maximum Gasteiger partial charge on any atom is 0.122 e. The van der Waals surface area contributed by atoms with Crippen LogP contribution in [0.5, 0.6) is 28.7 Å². The van der Waals surface area contributed by atoms with Gasteiger partial charge in [0.05, 0.1) is 46.2 Å². The van der Waals surface area contributed by atoms with Gasteiger partial charge in [0.1, 0.15) is 28.7 Å². The summed E-state index contributed by atoms with van der Waals surface area (Å²) in [4.78, 5) is 0. The molecule has 0 saturated heterocycles. The van der Waals surface area contributed by atoms with Gasteiger partial charge in [0.25, 0.3) is 0 Å². The zero-order chi connectivity index (χ0) is 55.9. The van der Waals surface area contributed by atoms with Crippen LogP contribution in [0.2, 0.25) is 0 Å². The number of benzene rings is 9. The molecule has 0 saturated carbocycles. The first-order valence-corrected chi connectivity index (χ1v) is 30.0. The van der Waals surface area contributed by atoms with Crippen LogP contribution in [0.3, 0.4) is 0 Å². The van der Waals surface area contributed by atoms with Gasteiger partial charge in [-0.1, -0.05) is 208 Å². The molecule has 8 aliphatic rings. The molecule has 0 fully saturated rings. The smallest absolute Gasteiger partial charge is 0.122 e. The van der Waals surface area contributed by atoms with Crippen molar-refractivity contribution in [2.75, 3.05) is 33.0 Å². The van der Waals surface area contributed by atoms with E-state index in [1.165, 1.54) is 103 Å².